The highest BCUT2D eigenvalue weighted by Crippen LogP contribution is 2.26. The van der Waals surface area contributed by atoms with E-state index < -0.39 is 0 Å². The molecule has 5 nitrogen and oxygen atoms in total. The monoisotopic (exact) mass is 300 g/mol. The molecule has 4 aromatic rings. The van der Waals surface area contributed by atoms with E-state index in [1.807, 2.05) is 34.0 Å². The average molecular weight is 300 g/mol. The molecule has 0 aliphatic rings. The summed E-state index contributed by atoms with van der Waals surface area (Å²) in [4.78, 5) is 21.3. The first-order valence-corrected chi connectivity index (χ1v) is 7.58. The third kappa shape index (κ3) is 1.79. The highest BCUT2D eigenvalue weighted by molar-refractivity contribution is 7.23. The SMILES string of the molecule is O=C(Nc1nccs1)c1cn2c(n1)sc1ccccc12. The number of anilines is 1. The number of carbonyl (C=O) groups excluding carboxylic acids is 1. The van der Waals surface area contributed by atoms with Gasteiger partial charge in [-0.15, -0.1) is 11.3 Å². The zero-order valence-corrected chi connectivity index (χ0v) is 11.7. The fourth-order valence-electron chi connectivity index (χ4n) is 2.00. The molecule has 0 unspecified atom stereocenters. The van der Waals surface area contributed by atoms with Gasteiger partial charge >= 0.3 is 0 Å². The van der Waals surface area contributed by atoms with Crippen LogP contribution in [0.15, 0.2) is 42.0 Å². The van der Waals surface area contributed by atoms with Crippen LogP contribution in [0.2, 0.25) is 0 Å². The zero-order chi connectivity index (χ0) is 13.5. The number of amides is 1. The van der Waals surface area contributed by atoms with E-state index in [0.29, 0.717) is 10.8 Å². The number of carbonyl (C=O) groups is 1. The van der Waals surface area contributed by atoms with Crippen molar-refractivity contribution in [3.8, 4) is 0 Å². The molecule has 0 atom stereocenters. The third-order valence-electron chi connectivity index (χ3n) is 2.89. The van der Waals surface area contributed by atoms with Crippen LogP contribution >= 0.6 is 22.7 Å². The van der Waals surface area contributed by atoms with Crippen LogP contribution < -0.4 is 5.32 Å². The van der Waals surface area contributed by atoms with Crippen molar-refractivity contribution in [1.82, 2.24) is 14.4 Å². The number of hydrogen-bond donors (Lipinski definition) is 1. The fourth-order valence-corrected chi connectivity index (χ4v) is 3.54. The number of benzene rings is 1. The Morgan fingerprint density at radius 2 is 2.20 bits per heavy atom. The second kappa shape index (κ2) is 4.39. The number of nitrogens with one attached hydrogen (secondary N) is 1. The summed E-state index contributed by atoms with van der Waals surface area (Å²) in [6, 6.07) is 8.03. The van der Waals surface area contributed by atoms with Gasteiger partial charge in [0.2, 0.25) is 0 Å². The molecule has 0 saturated carbocycles. The Bertz CT molecular complexity index is 907. The normalized spacial score (nSPS) is 11.2. The molecule has 20 heavy (non-hydrogen) atoms. The molecule has 0 radical (unpaired) electrons. The molecule has 0 aliphatic carbocycles. The van der Waals surface area contributed by atoms with Crippen LogP contribution in [-0.4, -0.2) is 20.3 Å². The lowest BCUT2D eigenvalue weighted by Crippen LogP contribution is -2.11. The lowest BCUT2D eigenvalue weighted by molar-refractivity contribution is 0.102. The summed E-state index contributed by atoms with van der Waals surface area (Å²) in [7, 11) is 0. The maximum atomic E-state index is 12.1. The van der Waals surface area contributed by atoms with E-state index in [4.69, 9.17) is 0 Å². The molecule has 3 heterocycles. The van der Waals surface area contributed by atoms with Gasteiger partial charge < -0.3 is 0 Å². The van der Waals surface area contributed by atoms with Gasteiger partial charge in [0.05, 0.1) is 10.2 Å². The minimum atomic E-state index is -0.236. The van der Waals surface area contributed by atoms with Crippen molar-refractivity contribution in [2.45, 2.75) is 0 Å². The van der Waals surface area contributed by atoms with E-state index in [-0.39, 0.29) is 5.91 Å². The number of para-hydroxylation sites is 1. The first-order valence-electron chi connectivity index (χ1n) is 5.89. The lowest BCUT2D eigenvalue weighted by Gasteiger charge is -1.96. The first-order chi connectivity index (χ1) is 9.81. The van der Waals surface area contributed by atoms with E-state index >= 15 is 0 Å². The number of rotatable bonds is 2. The Labute approximate surface area is 121 Å². The molecule has 0 spiro atoms. The molecule has 1 amide bonds. The van der Waals surface area contributed by atoms with Crippen LogP contribution in [0.4, 0.5) is 5.13 Å². The topological polar surface area (TPSA) is 59.3 Å². The zero-order valence-electron chi connectivity index (χ0n) is 10.1. The highest BCUT2D eigenvalue weighted by Gasteiger charge is 2.14. The number of imidazole rings is 1. The second-order valence-corrected chi connectivity index (χ2v) is 6.04. The Kier molecular flexibility index (Phi) is 2.54. The average Bonchev–Trinajstić information content (AvgIpc) is 3.12. The minimum Gasteiger partial charge on any atom is -0.296 e. The second-order valence-electron chi connectivity index (χ2n) is 4.14. The largest absolute Gasteiger partial charge is 0.296 e. The smallest absolute Gasteiger partial charge is 0.277 e. The highest BCUT2D eigenvalue weighted by atomic mass is 32.1. The van der Waals surface area contributed by atoms with Crippen molar-refractivity contribution in [2.75, 3.05) is 5.32 Å². The van der Waals surface area contributed by atoms with Crippen molar-refractivity contribution in [3.63, 3.8) is 0 Å². The number of thiazole rings is 2. The predicted molar refractivity (Wildman–Crippen MR) is 80.6 cm³/mol. The van der Waals surface area contributed by atoms with Crippen LogP contribution in [0.1, 0.15) is 10.5 Å². The molecule has 3 aromatic heterocycles. The van der Waals surface area contributed by atoms with Gasteiger partial charge in [0, 0.05) is 17.8 Å². The van der Waals surface area contributed by atoms with Crippen LogP contribution in [-0.2, 0) is 0 Å². The summed E-state index contributed by atoms with van der Waals surface area (Å²) in [6.07, 6.45) is 3.41. The summed E-state index contributed by atoms with van der Waals surface area (Å²) in [5, 5.41) is 5.13. The maximum absolute atomic E-state index is 12.1. The van der Waals surface area contributed by atoms with Crippen molar-refractivity contribution < 1.29 is 4.79 Å². The van der Waals surface area contributed by atoms with Gasteiger partial charge in [0.25, 0.3) is 5.91 Å². The van der Waals surface area contributed by atoms with E-state index in [0.717, 1.165) is 15.2 Å². The standard InChI is InChI=1S/C13H8N4OS2/c18-11(16-12-14-5-6-19-12)8-7-17-9-3-1-2-4-10(9)20-13(17)15-8/h1-7H,(H,14,16,18). The van der Waals surface area contributed by atoms with Gasteiger partial charge in [-0.25, -0.2) is 9.97 Å². The van der Waals surface area contributed by atoms with Gasteiger partial charge in [-0.3, -0.25) is 14.5 Å². The van der Waals surface area contributed by atoms with Gasteiger partial charge in [-0.1, -0.05) is 23.5 Å². The lowest BCUT2D eigenvalue weighted by atomic mass is 10.3. The summed E-state index contributed by atoms with van der Waals surface area (Å²) < 4.78 is 3.10. The first kappa shape index (κ1) is 11.6. The van der Waals surface area contributed by atoms with Crippen LogP contribution in [0.3, 0.4) is 0 Å². The van der Waals surface area contributed by atoms with Gasteiger partial charge in [0.1, 0.15) is 5.69 Å². The number of aromatic nitrogens is 3. The molecule has 7 heteroatoms. The molecule has 4 rings (SSSR count). The number of nitrogens with zero attached hydrogens (tertiary/aromatic N) is 3. The Hall–Kier alpha value is -2.25. The van der Waals surface area contributed by atoms with Gasteiger partial charge in [-0.05, 0) is 12.1 Å². The van der Waals surface area contributed by atoms with E-state index in [1.165, 1.54) is 11.3 Å². The molecule has 0 saturated heterocycles. The van der Waals surface area contributed by atoms with E-state index in [1.54, 1.807) is 23.7 Å². The summed E-state index contributed by atoms with van der Waals surface area (Å²) in [6.45, 7) is 0. The van der Waals surface area contributed by atoms with Crippen LogP contribution in [0.25, 0.3) is 15.2 Å². The fraction of sp³-hybridized carbons (Fsp3) is 0. The maximum Gasteiger partial charge on any atom is 0.277 e. The third-order valence-corrected chi connectivity index (χ3v) is 4.61. The molecule has 1 aromatic carbocycles. The number of hydrogen-bond acceptors (Lipinski definition) is 5. The van der Waals surface area contributed by atoms with Crippen molar-refractivity contribution in [3.05, 3.63) is 47.7 Å². The summed E-state index contributed by atoms with van der Waals surface area (Å²) in [5.74, 6) is -0.236. The molecule has 0 bridgehead atoms. The molecule has 0 aliphatic heterocycles. The Balaban J connectivity index is 1.75. The summed E-state index contributed by atoms with van der Waals surface area (Å²) >= 11 is 2.95. The Morgan fingerprint density at radius 1 is 1.30 bits per heavy atom. The van der Waals surface area contributed by atoms with Crippen LogP contribution in [0, 0.1) is 0 Å². The molecule has 1 N–H and O–H groups in total. The molecule has 0 fully saturated rings. The van der Waals surface area contributed by atoms with Gasteiger partial charge in [-0.2, -0.15) is 0 Å². The molecular formula is C13H8N4OS2. The quantitative estimate of drug-likeness (QED) is 0.618. The van der Waals surface area contributed by atoms with Crippen LogP contribution in [0.5, 0.6) is 0 Å². The molecular weight excluding hydrogens is 292 g/mol. The van der Waals surface area contributed by atoms with Crippen molar-refractivity contribution in [1.29, 1.82) is 0 Å². The Morgan fingerprint density at radius 3 is 3.05 bits per heavy atom. The predicted octanol–water partition coefficient (Wildman–Crippen LogP) is 3.26. The van der Waals surface area contributed by atoms with Crippen molar-refractivity contribution >= 4 is 48.9 Å². The van der Waals surface area contributed by atoms with Crippen molar-refractivity contribution in [2.24, 2.45) is 0 Å². The van der Waals surface area contributed by atoms with E-state index in [9.17, 15) is 4.79 Å². The van der Waals surface area contributed by atoms with E-state index in [2.05, 4.69) is 15.3 Å². The molecule has 98 valence electrons. The summed E-state index contributed by atoms with van der Waals surface area (Å²) in [5.41, 5.74) is 1.46. The number of fused-ring (bicyclic) bond motifs is 3. The minimum absolute atomic E-state index is 0.236. The van der Waals surface area contributed by atoms with Gasteiger partial charge in [0.15, 0.2) is 10.1 Å².